The predicted octanol–water partition coefficient (Wildman–Crippen LogP) is 6.59. The number of rotatable bonds is 13. The Hall–Kier alpha value is -0.700. The molecule has 22 heavy (non-hydrogen) atoms. The van der Waals surface area contributed by atoms with Crippen LogP contribution in [-0.2, 0) is 5.33 Å². The molecule has 0 fully saturated rings. The Kier molecular flexibility index (Phi) is 11.3. The molecule has 1 aromatic carbocycles. The van der Waals surface area contributed by atoms with E-state index in [1.807, 2.05) is 6.07 Å². The molecule has 0 atom stereocenters. The van der Waals surface area contributed by atoms with Crippen molar-refractivity contribution in [1.29, 1.82) is 0 Å². The fourth-order valence-corrected chi connectivity index (χ4v) is 2.91. The van der Waals surface area contributed by atoms with Crippen molar-refractivity contribution in [2.24, 2.45) is 0 Å². The van der Waals surface area contributed by atoms with Crippen molar-refractivity contribution in [2.45, 2.75) is 76.5 Å². The summed E-state index contributed by atoms with van der Waals surface area (Å²) in [6.07, 6.45) is 13.3. The van der Waals surface area contributed by atoms with Gasteiger partial charge in [0.15, 0.2) is 0 Å². The second-order valence-electron chi connectivity index (χ2n) is 6.00. The zero-order valence-corrected chi connectivity index (χ0v) is 15.5. The van der Waals surface area contributed by atoms with Gasteiger partial charge >= 0.3 is 0 Å². The van der Waals surface area contributed by atoms with Crippen molar-refractivity contribution >= 4 is 15.9 Å². The van der Waals surface area contributed by atoms with E-state index in [2.05, 4.69) is 22.9 Å². The van der Waals surface area contributed by atoms with Crippen LogP contribution in [0, 0.1) is 0 Å². The first-order chi connectivity index (χ1) is 10.8. The van der Waals surface area contributed by atoms with Crippen molar-refractivity contribution in [3.8, 4) is 11.5 Å². The van der Waals surface area contributed by atoms with Gasteiger partial charge in [-0.1, -0.05) is 80.6 Å². The summed E-state index contributed by atoms with van der Waals surface area (Å²) in [5.74, 6) is 1.04. The molecule has 0 unspecified atom stereocenters. The summed E-state index contributed by atoms with van der Waals surface area (Å²) in [7, 11) is 0. The fourth-order valence-electron chi connectivity index (χ4n) is 2.58. The third-order valence-electron chi connectivity index (χ3n) is 3.87. The Bertz CT molecular complexity index is 393. The van der Waals surface area contributed by atoms with E-state index >= 15 is 0 Å². The Morgan fingerprint density at radius 1 is 0.864 bits per heavy atom. The van der Waals surface area contributed by atoms with E-state index in [9.17, 15) is 5.11 Å². The molecule has 0 aliphatic heterocycles. The second kappa shape index (κ2) is 12.8. The number of halogens is 1. The topological polar surface area (TPSA) is 29.5 Å². The Balaban J connectivity index is 1.98. The highest BCUT2D eigenvalue weighted by Crippen LogP contribution is 2.23. The number of hydrogen-bond acceptors (Lipinski definition) is 2. The lowest BCUT2D eigenvalue weighted by Crippen LogP contribution is -1.97. The first-order valence-electron chi connectivity index (χ1n) is 8.78. The van der Waals surface area contributed by atoms with E-state index < -0.39 is 0 Å². The number of unbranched alkanes of at least 4 members (excludes halogenated alkanes) is 9. The van der Waals surface area contributed by atoms with Crippen LogP contribution in [-0.4, -0.2) is 11.7 Å². The van der Waals surface area contributed by atoms with E-state index in [1.54, 1.807) is 12.1 Å². The molecule has 0 heterocycles. The van der Waals surface area contributed by atoms with Gasteiger partial charge in [-0.2, -0.15) is 0 Å². The number of ether oxygens (including phenoxy) is 1. The molecule has 126 valence electrons. The third-order valence-corrected chi connectivity index (χ3v) is 4.52. The number of hydrogen-bond donors (Lipinski definition) is 1. The first kappa shape index (κ1) is 19.3. The molecule has 0 saturated carbocycles. The summed E-state index contributed by atoms with van der Waals surface area (Å²) in [6, 6.07) is 5.41. The number of alkyl halides is 1. The first-order valence-corrected chi connectivity index (χ1v) is 9.90. The van der Waals surface area contributed by atoms with E-state index in [-0.39, 0.29) is 5.75 Å². The van der Waals surface area contributed by atoms with Crippen LogP contribution in [0.3, 0.4) is 0 Å². The molecule has 3 heteroatoms. The van der Waals surface area contributed by atoms with Crippen LogP contribution in [0.1, 0.15) is 76.7 Å². The Morgan fingerprint density at radius 3 is 2.05 bits per heavy atom. The normalized spacial score (nSPS) is 10.8. The highest BCUT2D eigenvalue weighted by atomic mass is 79.9. The van der Waals surface area contributed by atoms with Crippen molar-refractivity contribution in [3.63, 3.8) is 0 Å². The average molecular weight is 371 g/mol. The minimum atomic E-state index is 0.273. The lowest BCUT2D eigenvalue weighted by atomic mass is 10.1. The molecule has 0 radical (unpaired) electrons. The lowest BCUT2D eigenvalue weighted by molar-refractivity contribution is 0.302. The van der Waals surface area contributed by atoms with Gasteiger partial charge in [0.05, 0.1) is 6.61 Å². The molecule has 0 bridgehead atoms. The maximum Gasteiger partial charge on any atom is 0.123 e. The van der Waals surface area contributed by atoms with Gasteiger partial charge in [0, 0.05) is 11.4 Å². The highest BCUT2D eigenvalue weighted by Gasteiger charge is 2.00. The number of benzene rings is 1. The quantitative estimate of drug-likeness (QED) is 0.313. The summed E-state index contributed by atoms with van der Waals surface area (Å²) in [4.78, 5) is 0. The van der Waals surface area contributed by atoms with E-state index in [0.29, 0.717) is 0 Å². The van der Waals surface area contributed by atoms with Crippen LogP contribution in [0.5, 0.6) is 11.5 Å². The van der Waals surface area contributed by atoms with Gasteiger partial charge in [-0.3, -0.25) is 0 Å². The zero-order valence-electron chi connectivity index (χ0n) is 14.0. The van der Waals surface area contributed by atoms with Crippen LogP contribution in [0.4, 0.5) is 0 Å². The molecule has 0 aliphatic rings. The van der Waals surface area contributed by atoms with Crippen LogP contribution in [0.15, 0.2) is 18.2 Å². The summed E-state index contributed by atoms with van der Waals surface area (Å²) in [5, 5.41) is 10.3. The van der Waals surface area contributed by atoms with Gasteiger partial charge < -0.3 is 9.84 Å². The maximum absolute atomic E-state index is 9.60. The van der Waals surface area contributed by atoms with E-state index in [1.165, 1.54) is 57.8 Å². The summed E-state index contributed by atoms with van der Waals surface area (Å²) in [5.41, 5.74) is 1.04. The summed E-state index contributed by atoms with van der Waals surface area (Å²) in [6.45, 7) is 3.00. The fraction of sp³-hybridized carbons (Fsp3) is 0.684. The molecule has 0 spiro atoms. The molecule has 0 aliphatic carbocycles. The van der Waals surface area contributed by atoms with Crippen LogP contribution >= 0.6 is 15.9 Å². The predicted molar refractivity (Wildman–Crippen MR) is 98.1 cm³/mol. The van der Waals surface area contributed by atoms with Crippen LogP contribution in [0.2, 0.25) is 0 Å². The molecule has 0 amide bonds. The standard InChI is InChI=1S/C19H31BrO2/c1-2-3-4-5-6-7-8-9-10-11-12-22-19-14-17(16-20)13-18(21)15-19/h13-15,21H,2-12,16H2,1H3. The van der Waals surface area contributed by atoms with Gasteiger partial charge in [0.1, 0.15) is 11.5 Å². The van der Waals surface area contributed by atoms with Gasteiger partial charge in [0.2, 0.25) is 0 Å². The third kappa shape index (κ3) is 9.34. The highest BCUT2D eigenvalue weighted by molar-refractivity contribution is 9.08. The molecule has 1 N–H and O–H groups in total. The molecule has 0 saturated heterocycles. The Morgan fingerprint density at radius 2 is 1.45 bits per heavy atom. The molecule has 0 aromatic heterocycles. The largest absolute Gasteiger partial charge is 0.508 e. The molecule has 1 aromatic rings. The number of phenols is 1. The average Bonchev–Trinajstić information content (AvgIpc) is 2.52. The maximum atomic E-state index is 9.60. The minimum absolute atomic E-state index is 0.273. The van der Waals surface area contributed by atoms with Gasteiger partial charge in [-0.05, 0) is 24.1 Å². The van der Waals surface area contributed by atoms with Crippen molar-refractivity contribution in [2.75, 3.05) is 6.61 Å². The van der Waals surface area contributed by atoms with Crippen LogP contribution in [0.25, 0.3) is 0 Å². The van der Waals surface area contributed by atoms with Gasteiger partial charge in [0.25, 0.3) is 0 Å². The Labute approximate surface area is 144 Å². The second-order valence-corrected chi connectivity index (χ2v) is 6.56. The van der Waals surface area contributed by atoms with E-state index in [0.717, 1.165) is 29.7 Å². The number of aromatic hydroxyl groups is 1. The van der Waals surface area contributed by atoms with Crippen LogP contribution < -0.4 is 4.74 Å². The molecular weight excluding hydrogens is 340 g/mol. The van der Waals surface area contributed by atoms with Crippen molar-refractivity contribution < 1.29 is 9.84 Å². The SMILES string of the molecule is CCCCCCCCCCCCOc1cc(O)cc(CBr)c1. The summed E-state index contributed by atoms with van der Waals surface area (Å²) >= 11 is 3.40. The molecule has 2 nitrogen and oxygen atoms in total. The van der Waals surface area contributed by atoms with Crippen molar-refractivity contribution in [1.82, 2.24) is 0 Å². The summed E-state index contributed by atoms with van der Waals surface area (Å²) < 4.78 is 5.72. The lowest BCUT2D eigenvalue weighted by Gasteiger charge is -2.08. The monoisotopic (exact) mass is 370 g/mol. The van der Waals surface area contributed by atoms with E-state index in [4.69, 9.17) is 4.74 Å². The van der Waals surface area contributed by atoms with Gasteiger partial charge in [-0.15, -0.1) is 0 Å². The number of phenolic OH excluding ortho intramolecular Hbond substituents is 1. The van der Waals surface area contributed by atoms with Gasteiger partial charge in [-0.25, -0.2) is 0 Å². The minimum Gasteiger partial charge on any atom is -0.508 e. The molecular formula is C19H31BrO2. The van der Waals surface area contributed by atoms with Crippen molar-refractivity contribution in [3.05, 3.63) is 23.8 Å². The molecule has 1 rings (SSSR count). The zero-order chi connectivity index (χ0) is 16.0. The smallest absolute Gasteiger partial charge is 0.123 e.